The Labute approximate surface area is 253 Å². The summed E-state index contributed by atoms with van der Waals surface area (Å²) in [5, 5.41) is 0. The van der Waals surface area contributed by atoms with Gasteiger partial charge in [0.25, 0.3) is 0 Å². The highest BCUT2D eigenvalue weighted by atomic mass is 16.7. The van der Waals surface area contributed by atoms with Gasteiger partial charge in [0.15, 0.2) is 18.3 Å². The molecule has 2 aliphatic rings. The van der Waals surface area contributed by atoms with Gasteiger partial charge in [0, 0.05) is 30.8 Å². The molecule has 1 heterocycles. The van der Waals surface area contributed by atoms with Gasteiger partial charge in [0.2, 0.25) is 5.91 Å². The van der Waals surface area contributed by atoms with Gasteiger partial charge in [0.1, 0.15) is 25.1 Å². The predicted molar refractivity (Wildman–Crippen MR) is 166 cm³/mol. The normalized spacial score (nSPS) is 16.8. The van der Waals surface area contributed by atoms with Crippen LogP contribution < -0.4 is 16.2 Å². The summed E-state index contributed by atoms with van der Waals surface area (Å²) in [4.78, 5) is 14.0. The minimum Gasteiger partial charge on any atom is -0.489 e. The fraction of sp³-hybridized carbons (Fsp3) is 0.343. The highest BCUT2D eigenvalue weighted by molar-refractivity contribution is 5.79. The molecule has 2 atom stereocenters. The molecule has 226 valence electrons. The molecular formula is C35H41N3O5. The molecule has 8 nitrogen and oxygen atoms in total. The number of ether oxygens (including phenoxy) is 4. The van der Waals surface area contributed by atoms with Gasteiger partial charge in [-0.15, -0.1) is 0 Å². The molecule has 3 aromatic rings. The van der Waals surface area contributed by atoms with Crippen LogP contribution in [0.15, 0.2) is 96.0 Å². The topological polar surface area (TPSA) is 109 Å². The lowest BCUT2D eigenvalue weighted by atomic mass is 9.99. The van der Waals surface area contributed by atoms with E-state index in [-0.39, 0.29) is 12.9 Å². The number of benzene rings is 3. The molecule has 0 radical (unpaired) electrons. The van der Waals surface area contributed by atoms with E-state index in [0.29, 0.717) is 51.4 Å². The first-order chi connectivity index (χ1) is 20.9. The molecule has 1 fully saturated rings. The summed E-state index contributed by atoms with van der Waals surface area (Å²) >= 11 is 0. The second-order valence-electron chi connectivity index (χ2n) is 11.2. The molecule has 0 aromatic heterocycles. The lowest BCUT2D eigenvalue weighted by molar-refractivity contribution is -0.119. The van der Waals surface area contributed by atoms with Crippen LogP contribution >= 0.6 is 0 Å². The molecule has 43 heavy (non-hydrogen) atoms. The number of aryl methyl sites for hydroxylation is 2. The first kappa shape index (κ1) is 30.4. The molecule has 0 spiro atoms. The number of hydrogen-bond acceptors (Lipinski definition) is 7. The van der Waals surface area contributed by atoms with Gasteiger partial charge in [0.05, 0.1) is 6.04 Å². The standard InChI is InChI=1S/C35H41N3O5/c1-24-7-5-9-26(17-24)21-40-31-12-4-3-11-28(31)19-38(16-15-30(36)35(37)39)20-29-13-14-32-34(43-23-42-32)33(29)41-22-27-10-6-8-25(2)18-27/h3-13,17-18,30,32H,14-16,19-23,36H2,1-2H3,(H2,37,39). The van der Waals surface area contributed by atoms with Crippen molar-refractivity contribution in [3.63, 3.8) is 0 Å². The Morgan fingerprint density at radius 2 is 1.65 bits per heavy atom. The van der Waals surface area contributed by atoms with Crippen molar-refractivity contribution in [2.24, 2.45) is 11.5 Å². The quantitative estimate of drug-likeness (QED) is 0.274. The van der Waals surface area contributed by atoms with E-state index >= 15 is 0 Å². The van der Waals surface area contributed by atoms with Gasteiger partial charge in [-0.25, -0.2) is 0 Å². The summed E-state index contributed by atoms with van der Waals surface area (Å²) in [6.07, 6.45) is 3.14. The van der Waals surface area contributed by atoms with Gasteiger partial charge in [-0.3, -0.25) is 9.69 Å². The Kier molecular flexibility index (Phi) is 10.1. The second kappa shape index (κ2) is 14.4. The summed E-state index contributed by atoms with van der Waals surface area (Å²) in [6.45, 7) is 6.92. The number of para-hydroxylation sites is 1. The van der Waals surface area contributed by atoms with Gasteiger partial charge in [-0.2, -0.15) is 0 Å². The van der Waals surface area contributed by atoms with Crippen LogP contribution in [0.2, 0.25) is 0 Å². The van der Waals surface area contributed by atoms with Crippen LogP contribution in [0.1, 0.15) is 40.7 Å². The van der Waals surface area contributed by atoms with Crippen LogP contribution in [-0.2, 0) is 38.8 Å². The van der Waals surface area contributed by atoms with Crippen LogP contribution in [0.3, 0.4) is 0 Å². The van der Waals surface area contributed by atoms with Crippen LogP contribution in [-0.4, -0.2) is 42.8 Å². The van der Waals surface area contributed by atoms with Gasteiger partial charge < -0.3 is 30.4 Å². The number of carbonyl (C=O) groups excluding carboxylic acids is 1. The lowest BCUT2D eigenvalue weighted by Gasteiger charge is -2.29. The Hall–Kier alpha value is -4.11. The Morgan fingerprint density at radius 1 is 0.953 bits per heavy atom. The van der Waals surface area contributed by atoms with Gasteiger partial charge in [-0.05, 0) is 43.9 Å². The molecule has 1 aliphatic heterocycles. The van der Waals surface area contributed by atoms with E-state index in [1.165, 1.54) is 11.1 Å². The molecule has 2 unspecified atom stereocenters. The third kappa shape index (κ3) is 8.26. The number of nitrogens with two attached hydrogens (primary N) is 2. The molecule has 1 saturated heterocycles. The maximum Gasteiger partial charge on any atom is 0.234 e. The molecule has 4 N–H and O–H groups in total. The summed E-state index contributed by atoms with van der Waals surface area (Å²) in [6, 6.07) is 23.9. The van der Waals surface area contributed by atoms with Crippen molar-refractivity contribution >= 4 is 5.91 Å². The third-order valence-corrected chi connectivity index (χ3v) is 7.69. The number of hydrogen-bond donors (Lipinski definition) is 2. The average Bonchev–Trinajstić information content (AvgIpc) is 3.48. The molecule has 1 aliphatic carbocycles. The van der Waals surface area contributed by atoms with Crippen molar-refractivity contribution in [2.75, 3.05) is 19.9 Å². The largest absolute Gasteiger partial charge is 0.489 e. The van der Waals surface area contributed by atoms with Crippen LogP contribution in [0.4, 0.5) is 0 Å². The van der Waals surface area contributed by atoms with Crippen LogP contribution in [0.5, 0.6) is 5.75 Å². The molecule has 0 saturated carbocycles. The molecule has 1 amide bonds. The second-order valence-corrected chi connectivity index (χ2v) is 11.2. The number of nitrogens with zero attached hydrogens (tertiary/aromatic N) is 1. The highest BCUT2D eigenvalue weighted by Gasteiger charge is 2.33. The zero-order chi connectivity index (χ0) is 30.2. The van der Waals surface area contributed by atoms with Gasteiger partial charge >= 0.3 is 0 Å². The monoisotopic (exact) mass is 583 g/mol. The Bertz CT molecular complexity index is 1480. The smallest absolute Gasteiger partial charge is 0.234 e. The maximum atomic E-state index is 11.8. The summed E-state index contributed by atoms with van der Waals surface area (Å²) in [5.74, 6) is 1.75. The summed E-state index contributed by atoms with van der Waals surface area (Å²) in [5.41, 5.74) is 18.2. The van der Waals surface area contributed by atoms with E-state index in [1.807, 2.05) is 30.3 Å². The van der Waals surface area contributed by atoms with E-state index in [4.69, 9.17) is 30.4 Å². The fourth-order valence-corrected chi connectivity index (χ4v) is 5.39. The number of carbonyl (C=O) groups is 1. The molecular weight excluding hydrogens is 542 g/mol. The van der Waals surface area contributed by atoms with Crippen molar-refractivity contribution in [3.8, 4) is 5.75 Å². The van der Waals surface area contributed by atoms with Crippen LogP contribution in [0, 0.1) is 13.8 Å². The highest BCUT2D eigenvalue weighted by Crippen LogP contribution is 2.34. The van der Waals surface area contributed by atoms with E-state index < -0.39 is 11.9 Å². The first-order valence-corrected chi connectivity index (χ1v) is 14.8. The number of amides is 1. The molecule has 0 bridgehead atoms. The minimum absolute atomic E-state index is 0.149. The van der Waals surface area contributed by atoms with E-state index in [1.54, 1.807) is 0 Å². The SMILES string of the molecule is Cc1cccc(COC2=C3OCOC3CC=C2CN(CCC(N)C(N)=O)Cc2ccccc2OCc2cccc(C)c2)c1. The van der Waals surface area contributed by atoms with Crippen molar-refractivity contribution in [3.05, 3.63) is 124 Å². The number of primary amides is 1. The third-order valence-electron chi connectivity index (χ3n) is 7.69. The van der Waals surface area contributed by atoms with E-state index in [2.05, 4.69) is 67.3 Å². The van der Waals surface area contributed by atoms with Crippen LogP contribution in [0.25, 0.3) is 0 Å². The van der Waals surface area contributed by atoms with Crippen molar-refractivity contribution < 1.29 is 23.7 Å². The van der Waals surface area contributed by atoms with Gasteiger partial charge in [-0.1, -0.05) is 83.9 Å². The number of rotatable bonds is 14. The zero-order valence-electron chi connectivity index (χ0n) is 25.0. The van der Waals surface area contributed by atoms with Crippen molar-refractivity contribution in [1.82, 2.24) is 4.90 Å². The molecule has 5 rings (SSSR count). The maximum absolute atomic E-state index is 11.8. The fourth-order valence-electron chi connectivity index (χ4n) is 5.39. The minimum atomic E-state index is -0.734. The van der Waals surface area contributed by atoms with Crippen molar-refractivity contribution in [1.29, 1.82) is 0 Å². The lowest BCUT2D eigenvalue weighted by Crippen LogP contribution is -2.40. The van der Waals surface area contributed by atoms with E-state index in [9.17, 15) is 4.79 Å². The first-order valence-electron chi connectivity index (χ1n) is 14.8. The Balaban J connectivity index is 1.35. The van der Waals surface area contributed by atoms with E-state index in [0.717, 1.165) is 33.8 Å². The summed E-state index contributed by atoms with van der Waals surface area (Å²) in [7, 11) is 0. The van der Waals surface area contributed by atoms with Crippen molar-refractivity contribution in [2.45, 2.75) is 58.6 Å². The zero-order valence-corrected chi connectivity index (χ0v) is 25.0. The summed E-state index contributed by atoms with van der Waals surface area (Å²) < 4.78 is 24.5. The Morgan fingerprint density at radius 3 is 2.35 bits per heavy atom. The molecule has 3 aromatic carbocycles. The number of fused-ring (bicyclic) bond motifs is 1. The molecule has 8 heteroatoms. The average molecular weight is 584 g/mol. The predicted octanol–water partition coefficient (Wildman–Crippen LogP) is 5.02.